The van der Waals surface area contributed by atoms with Crippen molar-refractivity contribution in [3.05, 3.63) is 28.3 Å². The van der Waals surface area contributed by atoms with Crippen molar-refractivity contribution in [3.63, 3.8) is 0 Å². The number of nitrogens with zero attached hydrogens (tertiary/aromatic N) is 1. The topological polar surface area (TPSA) is 127 Å². The summed E-state index contributed by atoms with van der Waals surface area (Å²) in [6.45, 7) is 2.08. The maximum absolute atomic E-state index is 11.8. The van der Waals surface area contributed by atoms with Gasteiger partial charge in [0.05, 0.1) is 9.82 Å². The summed E-state index contributed by atoms with van der Waals surface area (Å²) in [5.74, 6) is 5.11. The van der Waals surface area contributed by atoms with Crippen molar-refractivity contribution in [1.29, 1.82) is 0 Å². The van der Waals surface area contributed by atoms with Gasteiger partial charge in [-0.2, -0.15) is 0 Å². The highest BCUT2D eigenvalue weighted by molar-refractivity contribution is 7.89. The van der Waals surface area contributed by atoms with E-state index < -0.39 is 20.6 Å². The first-order valence-electron chi connectivity index (χ1n) is 5.17. The fraction of sp³-hybridized carbons (Fsp3) is 0.333. The Hall–Kier alpha value is -1.71. The lowest BCUT2D eigenvalue weighted by molar-refractivity contribution is -0.384. The molecule has 0 radical (unpaired) electrons. The largest absolute Gasteiger partial charge is 0.318 e. The van der Waals surface area contributed by atoms with E-state index in [2.05, 4.69) is 10.1 Å². The predicted molar refractivity (Wildman–Crippen MR) is 66.4 cm³/mol. The molecular weight excluding hydrogens is 260 g/mol. The molecule has 100 valence electrons. The van der Waals surface area contributed by atoms with E-state index in [-0.39, 0.29) is 17.1 Å². The first-order chi connectivity index (χ1) is 8.42. The van der Waals surface area contributed by atoms with E-state index >= 15 is 0 Å². The average molecular weight is 274 g/mol. The SMILES string of the molecule is CCCNS(=O)(=O)c1ccc(NN)c([N+](=O)[O-])c1. The van der Waals surface area contributed by atoms with E-state index in [1.54, 1.807) is 0 Å². The van der Waals surface area contributed by atoms with Crippen molar-refractivity contribution in [2.24, 2.45) is 5.84 Å². The summed E-state index contributed by atoms with van der Waals surface area (Å²) in [7, 11) is -3.73. The fourth-order valence-electron chi connectivity index (χ4n) is 1.27. The molecule has 0 amide bonds. The number of anilines is 1. The minimum atomic E-state index is -3.73. The van der Waals surface area contributed by atoms with Crippen LogP contribution >= 0.6 is 0 Å². The van der Waals surface area contributed by atoms with Crippen LogP contribution in [0, 0.1) is 10.1 Å². The van der Waals surface area contributed by atoms with E-state index in [9.17, 15) is 18.5 Å². The summed E-state index contributed by atoms with van der Waals surface area (Å²) in [6.07, 6.45) is 0.629. The number of nitro groups is 1. The van der Waals surface area contributed by atoms with Gasteiger partial charge in [0, 0.05) is 12.6 Å². The number of hydrogen-bond acceptors (Lipinski definition) is 6. The first-order valence-corrected chi connectivity index (χ1v) is 6.65. The Labute approximate surface area is 104 Å². The van der Waals surface area contributed by atoms with Crippen LogP contribution < -0.4 is 16.0 Å². The highest BCUT2D eigenvalue weighted by Crippen LogP contribution is 2.26. The maximum Gasteiger partial charge on any atom is 0.294 e. The second-order valence-electron chi connectivity index (χ2n) is 3.48. The van der Waals surface area contributed by atoms with E-state index in [1.807, 2.05) is 6.92 Å². The Morgan fingerprint density at radius 1 is 1.44 bits per heavy atom. The molecule has 1 rings (SSSR count). The lowest BCUT2D eigenvalue weighted by atomic mass is 10.3. The molecule has 0 heterocycles. The van der Waals surface area contributed by atoms with Gasteiger partial charge in [0.1, 0.15) is 5.69 Å². The Morgan fingerprint density at radius 2 is 2.11 bits per heavy atom. The molecule has 0 aromatic heterocycles. The zero-order valence-corrected chi connectivity index (χ0v) is 10.5. The minimum Gasteiger partial charge on any atom is -0.318 e. The molecule has 0 aliphatic heterocycles. The molecule has 0 aliphatic rings. The number of rotatable bonds is 6. The van der Waals surface area contributed by atoms with Crippen LogP contribution in [0.2, 0.25) is 0 Å². The Balaban J connectivity index is 3.20. The van der Waals surface area contributed by atoms with Crippen LogP contribution in [0.4, 0.5) is 11.4 Å². The highest BCUT2D eigenvalue weighted by Gasteiger charge is 2.20. The van der Waals surface area contributed by atoms with Crippen molar-refractivity contribution in [1.82, 2.24) is 4.72 Å². The molecular formula is C9H14N4O4S. The number of hydrogen-bond donors (Lipinski definition) is 3. The van der Waals surface area contributed by atoms with Crippen LogP contribution in [0.15, 0.2) is 23.1 Å². The molecule has 0 unspecified atom stereocenters. The summed E-state index contributed by atoms with van der Waals surface area (Å²) >= 11 is 0. The third kappa shape index (κ3) is 3.15. The predicted octanol–water partition coefficient (Wildman–Crippen LogP) is 0.569. The van der Waals surface area contributed by atoms with Crippen LogP contribution in [-0.4, -0.2) is 19.9 Å². The average Bonchev–Trinajstić information content (AvgIpc) is 2.35. The zero-order valence-electron chi connectivity index (χ0n) is 9.71. The fourth-order valence-corrected chi connectivity index (χ4v) is 2.42. The number of nitrogens with one attached hydrogen (secondary N) is 2. The number of nitrogens with two attached hydrogens (primary N) is 1. The smallest absolute Gasteiger partial charge is 0.294 e. The van der Waals surface area contributed by atoms with Crippen molar-refractivity contribution in [3.8, 4) is 0 Å². The number of hydrazine groups is 1. The first kappa shape index (κ1) is 14.4. The molecule has 1 aromatic rings. The molecule has 0 fully saturated rings. The summed E-state index contributed by atoms with van der Waals surface area (Å²) < 4.78 is 25.9. The van der Waals surface area contributed by atoms with Gasteiger partial charge in [-0.15, -0.1) is 0 Å². The van der Waals surface area contributed by atoms with Crippen molar-refractivity contribution in [2.75, 3.05) is 12.0 Å². The van der Waals surface area contributed by atoms with E-state index in [0.717, 1.165) is 6.07 Å². The number of nitro benzene ring substituents is 1. The lowest BCUT2D eigenvalue weighted by Crippen LogP contribution is -2.24. The van der Waals surface area contributed by atoms with Crippen LogP contribution in [-0.2, 0) is 10.0 Å². The summed E-state index contributed by atoms with van der Waals surface area (Å²) in [5, 5.41) is 10.8. The van der Waals surface area contributed by atoms with Crippen LogP contribution in [0.5, 0.6) is 0 Å². The zero-order chi connectivity index (χ0) is 13.8. The standard InChI is InChI=1S/C9H14N4O4S/c1-2-5-11-18(16,17)7-3-4-8(12-10)9(6-7)13(14)15/h3-4,6,11-12H,2,5,10H2,1H3. The number of sulfonamides is 1. The molecule has 9 heteroatoms. The van der Waals surface area contributed by atoms with Gasteiger partial charge in [-0.3, -0.25) is 16.0 Å². The quantitative estimate of drug-likeness (QED) is 0.395. The van der Waals surface area contributed by atoms with Crippen LogP contribution in [0.3, 0.4) is 0 Å². The minimum absolute atomic E-state index is 0.0504. The normalized spacial score (nSPS) is 11.2. The molecule has 4 N–H and O–H groups in total. The Bertz CT molecular complexity index is 543. The monoisotopic (exact) mass is 274 g/mol. The van der Waals surface area contributed by atoms with Crippen molar-refractivity contribution in [2.45, 2.75) is 18.2 Å². The van der Waals surface area contributed by atoms with Crippen LogP contribution in [0.1, 0.15) is 13.3 Å². The highest BCUT2D eigenvalue weighted by atomic mass is 32.2. The molecule has 0 atom stereocenters. The van der Waals surface area contributed by atoms with Crippen LogP contribution in [0.25, 0.3) is 0 Å². The molecule has 0 aliphatic carbocycles. The summed E-state index contributed by atoms with van der Waals surface area (Å²) in [5.41, 5.74) is 1.80. The third-order valence-corrected chi connectivity index (χ3v) is 3.63. The van der Waals surface area contributed by atoms with E-state index in [0.29, 0.717) is 6.42 Å². The molecule has 0 saturated heterocycles. The molecule has 18 heavy (non-hydrogen) atoms. The van der Waals surface area contributed by atoms with Gasteiger partial charge < -0.3 is 5.43 Å². The number of nitrogen functional groups attached to an aromatic ring is 1. The van der Waals surface area contributed by atoms with Gasteiger partial charge in [-0.1, -0.05) is 6.92 Å². The van der Waals surface area contributed by atoms with Crippen molar-refractivity contribution < 1.29 is 13.3 Å². The Kier molecular flexibility index (Phi) is 4.59. The molecule has 0 saturated carbocycles. The molecule has 1 aromatic carbocycles. The van der Waals surface area contributed by atoms with Gasteiger partial charge in [-0.25, -0.2) is 13.1 Å². The van der Waals surface area contributed by atoms with Crippen molar-refractivity contribution >= 4 is 21.4 Å². The Morgan fingerprint density at radius 3 is 2.61 bits per heavy atom. The van der Waals surface area contributed by atoms with Gasteiger partial charge >= 0.3 is 0 Å². The van der Waals surface area contributed by atoms with Gasteiger partial charge in [-0.05, 0) is 18.6 Å². The summed E-state index contributed by atoms with van der Waals surface area (Å²) in [6, 6.07) is 3.46. The third-order valence-electron chi connectivity index (χ3n) is 2.17. The van der Waals surface area contributed by atoms with Gasteiger partial charge in [0.2, 0.25) is 10.0 Å². The molecule has 0 spiro atoms. The second-order valence-corrected chi connectivity index (χ2v) is 5.25. The molecule has 8 nitrogen and oxygen atoms in total. The van der Waals surface area contributed by atoms with Gasteiger partial charge in [0.15, 0.2) is 0 Å². The lowest BCUT2D eigenvalue weighted by Gasteiger charge is -2.07. The maximum atomic E-state index is 11.8. The van der Waals surface area contributed by atoms with E-state index in [4.69, 9.17) is 5.84 Å². The second kappa shape index (κ2) is 5.76. The number of benzene rings is 1. The molecule has 0 bridgehead atoms. The van der Waals surface area contributed by atoms with E-state index in [1.165, 1.54) is 12.1 Å². The summed E-state index contributed by atoms with van der Waals surface area (Å²) in [4.78, 5) is 9.90. The van der Waals surface area contributed by atoms with Gasteiger partial charge in [0.25, 0.3) is 5.69 Å².